The van der Waals surface area contributed by atoms with Gasteiger partial charge in [0.2, 0.25) is 0 Å². The van der Waals surface area contributed by atoms with Crippen LogP contribution in [0, 0.1) is 11.6 Å². The van der Waals surface area contributed by atoms with Gasteiger partial charge in [0.05, 0.1) is 5.56 Å². The first-order valence-electron chi connectivity index (χ1n) is 5.63. The van der Waals surface area contributed by atoms with E-state index < -0.39 is 17.6 Å². The van der Waals surface area contributed by atoms with Crippen LogP contribution in [-0.4, -0.2) is 5.97 Å². The van der Waals surface area contributed by atoms with E-state index in [1.165, 1.54) is 24.3 Å². The second-order valence-corrected chi connectivity index (χ2v) is 4.94. The Morgan fingerprint density at radius 3 is 2.60 bits per heavy atom. The molecular formula is C14H10BrF2NO2. The van der Waals surface area contributed by atoms with Crippen LogP contribution >= 0.6 is 15.9 Å². The molecule has 0 radical (unpaired) electrons. The van der Waals surface area contributed by atoms with Crippen molar-refractivity contribution in [3.05, 3.63) is 63.6 Å². The van der Waals surface area contributed by atoms with Gasteiger partial charge in [0.25, 0.3) is 0 Å². The van der Waals surface area contributed by atoms with Gasteiger partial charge in [-0.25, -0.2) is 13.6 Å². The molecule has 3 nitrogen and oxygen atoms in total. The number of carbonyl (C=O) groups is 1. The van der Waals surface area contributed by atoms with Gasteiger partial charge in [-0.3, -0.25) is 0 Å². The summed E-state index contributed by atoms with van der Waals surface area (Å²) in [7, 11) is 0. The predicted octanol–water partition coefficient (Wildman–Crippen LogP) is 3.67. The van der Waals surface area contributed by atoms with Gasteiger partial charge in [0, 0.05) is 15.7 Å². The van der Waals surface area contributed by atoms with Crippen molar-refractivity contribution in [2.75, 3.05) is 5.73 Å². The second kappa shape index (κ2) is 6.00. The molecule has 0 heterocycles. The number of nitrogens with two attached hydrogens (primary N) is 1. The smallest absolute Gasteiger partial charge is 0.338 e. The van der Waals surface area contributed by atoms with Crippen LogP contribution in [0.25, 0.3) is 0 Å². The number of ether oxygens (including phenoxy) is 1. The Morgan fingerprint density at radius 1 is 1.15 bits per heavy atom. The van der Waals surface area contributed by atoms with Crippen molar-refractivity contribution in [1.29, 1.82) is 0 Å². The van der Waals surface area contributed by atoms with E-state index in [1.54, 1.807) is 0 Å². The molecule has 0 aliphatic heterocycles. The van der Waals surface area contributed by atoms with Gasteiger partial charge in [-0.15, -0.1) is 0 Å². The molecule has 0 saturated heterocycles. The zero-order chi connectivity index (χ0) is 14.7. The molecule has 0 amide bonds. The largest absolute Gasteiger partial charge is 0.457 e. The van der Waals surface area contributed by atoms with Crippen LogP contribution in [0.5, 0.6) is 0 Å². The molecule has 0 aliphatic rings. The van der Waals surface area contributed by atoms with Gasteiger partial charge in [0.15, 0.2) is 0 Å². The zero-order valence-electron chi connectivity index (χ0n) is 10.2. The normalized spacial score (nSPS) is 10.3. The predicted molar refractivity (Wildman–Crippen MR) is 74.0 cm³/mol. The van der Waals surface area contributed by atoms with E-state index in [0.29, 0.717) is 10.0 Å². The van der Waals surface area contributed by atoms with E-state index in [-0.39, 0.29) is 17.9 Å². The summed E-state index contributed by atoms with van der Waals surface area (Å²) < 4.78 is 31.8. The maximum atomic E-state index is 13.1. The lowest BCUT2D eigenvalue weighted by atomic mass is 10.2. The molecule has 2 aromatic carbocycles. The molecule has 20 heavy (non-hydrogen) atoms. The Balaban J connectivity index is 2.10. The lowest BCUT2D eigenvalue weighted by Crippen LogP contribution is -2.07. The third kappa shape index (κ3) is 3.54. The summed E-state index contributed by atoms with van der Waals surface area (Å²) in [4.78, 5) is 11.8. The van der Waals surface area contributed by atoms with Crippen molar-refractivity contribution in [2.45, 2.75) is 6.61 Å². The molecule has 0 unspecified atom stereocenters. The van der Waals surface area contributed by atoms with E-state index in [9.17, 15) is 13.6 Å². The van der Waals surface area contributed by atoms with Crippen molar-refractivity contribution >= 4 is 27.6 Å². The van der Waals surface area contributed by atoms with E-state index in [2.05, 4.69) is 15.9 Å². The molecule has 0 fully saturated rings. The first-order chi connectivity index (χ1) is 9.45. The average molecular weight is 342 g/mol. The number of nitrogen functional groups attached to an aromatic ring is 1. The Kier molecular flexibility index (Phi) is 4.34. The van der Waals surface area contributed by atoms with Crippen LogP contribution in [0.4, 0.5) is 14.5 Å². The number of hydrogen-bond acceptors (Lipinski definition) is 3. The molecule has 104 valence electrons. The summed E-state index contributed by atoms with van der Waals surface area (Å²) >= 11 is 3.22. The average Bonchev–Trinajstić information content (AvgIpc) is 2.38. The fraction of sp³-hybridized carbons (Fsp3) is 0.0714. The van der Waals surface area contributed by atoms with Crippen molar-refractivity contribution < 1.29 is 18.3 Å². The fourth-order valence-electron chi connectivity index (χ4n) is 1.61. The van der Waals surface area contributed by atoms with Crippen LogP contribution in [0.15, 0.2) is 40.9 Å². The molecule has 0 aromatic heterocycles. The van der Waals surface area contributed by atoms with Gasteiger partial charge in [0.1, 0.15) is 18.2 Å². The number of carbonyl (C=O) groups excluding carboxylic acids is 1. The number of hydrogen-bond donors (Lipinski definition) is 1. The minimum absolute atomic E-state index is 0.00928. The summed E-state index contributed by atoms with van der Waals surface area (Å²) in [6.07, 6.45) is 0. The maximum absolute atomic E-state index is 13.1. The van der Waals surface area contributed by atoms with Gasteiger partial charge in [-0.05, 0) is 36.4 Å². The SMILES string of the molecule is Nc1cc(F)cc(C(=O)OCc2cc(F)ccc2Br)c1. The number of benzene rings is 2. The summed E-state index contributed by atoms with van der Waals surface area (Å²) in [5, 5.41) is 0. The highest BCUT2D eigenvalue weighted by atomic mass is 79.9. The Labute approximate surface area is 122 Å². The number of halogens is 3. The third-order valence-electron chi connectivity index (χ3n) is 2.52. The lowest BCUT2D eigenvalue weighted by Gasteiger charge is -2.07. The first-order valence-corrected chi connectivity index (χ1v) is 6.42. The molecule has 2 N–H and O–H groups in total. The summed E-state index contributed by atoms with van der Waals surface area (Å²) in [5.41, 5.74) is 6.06. The van der Waals surface area contributed by atoms with Crippen LogP contribution in [0.1, 0.15) is 15.9 Å². The number of anilines is 1. The first kappa shape index (κ1) is 14.5. The molecule has 0 bridgehead atoms. The number of esters is 1. The molecule has 0 spiro atoms. The van der Waals surface area contributed by atoms with E-state index in [4.69, 9.17) is 10.5 Å². The van der Waals surface area contributed by atoms with Crippen LogP contribution in [0.2, 0.25) is 0 Å². The minimum Gasteiger partial charge on any atom is -0.457 e. The fourth-order valence-corrected chi connectivity index (χ4v) is 1.97. The highest BCUT2D eigenvalue weighted by molar-refractivity contribution is 9.10. The van der Waals surface area contributed by atoms with Crippen molar-refractivity contribution in [2.24, 2.45) is 0 Å². The van der Waals surface area contributed by atoms with E-state index in [1.807, 2.05) is 0 Å². The summed E-state index contributed by atoms with van der Waals surface area (Å²) in [6.45, 7) is -0.131. The van der Waals surface area contributed by atoms with E-state index >= 15 is 0 Å². The van der Waals surface area contributed by atoms with Crippen molar-refractivity contribution in [1.82, 2.24) is 0 Å². The highest BCUT2D eigenvalue weighted by Crippen LogP contribution is 2.19. The standard InChI is InChI=1S/C14H10BrF2NO2/c15-13-2-1-10(16)4-9(13)7-20-14(19)8-3-11(17)6-12(18)5-8/h1-6H,7,18H2. The van der Waals surface area contributed by atoms with E-state index in [0.717, 1.165) is 12.1 Å². The highest BCUT2D eigenvalue weighted by Gasteiger charge is 2.11. The van der Waals surface area contributed by atoms with Gasteiger partial charge < -0.3 is 10.5 Å². The monoisotopic (exact) mass is 341 g/mol. The Bertz CT molecular complexity index is 641. The van der Waals surface area contributed by atoms with Crippen molar-refractivity contribution in [3.8, 4) is 0 Å². The molecular weight excluding hydrogens is 332 g/mol. The molecule has 0 saturated carbocycles. The number of rotatable bonds is 3. The summed E-state index contributed by atoms with van der Waals surface area (Å²) in [6, 6.07) is 7.48. The Morgan fingerprint density at radius 2 is 1.90 bits per heavy atom. The lowest BCUT2D eigenvalue weighted by molar-refractivity contribution is 0.0471. The minimum atomic E-state index is -0.729. The molecule has 0 aliphatic carbocycles. The maximum Gasteiger partial charge on any atom is 0.338 e. The molecule has 0 atom stereocenters. The Hall–Kier alpha value is -1.95. The van der Waals surface area contributed by atoms with Gasteiger partial charge in [-0.2, -0.15) is 0 Å². The quantitative estimate of drug-likeness (QED) is 0.684. The van der Waals surface area contributed by atoms with Crippen LogP contribution < -0.4 is 5.73 Å². The topological polar surface area (TPSA) is 52.3 Å². The molecule has 2 rings (SSSR count). The van der Waals surface area contributed by atoms with Crippen LogP contribution in [0.3, 0.4) is 0 Å². The molecule has 2 aromatic rings. The summed E-state index contributed by atoms with van der Waals surface area (Å²) in [5.74, 6) is -1.79. The van der Waals surface area contributed by atoms with Crippen molar-refractivity contribution in [3.63, 3.8) is 0 Å². The van der Waals surface area contributed by atoms with Gasteiger partial charge in [-0.1, -0.05) is 15.9 Å². The van der Waals surface area contributed by atoms with Crippen LogP contribution in [-0.2, 0) is 11.3 Å². The van der Waals surface area contributed by atoms with Gasteiger partial charge >= 0.3 is 5.97 Å². The third-order valence-corrected chi connectivity index (χ3v) is 3.30. The molecule has 6 heteroatoms. The second-order valence-electron chi connectivity index (χ2n) is 4.09. The zero-order valence-corrected chi connectivity index (χ0v) is 11.8.